The smallest absolute Gasteiger partial charge is 0.194 e. The van der Waals surface area contributed by atoms with E-state index in [2.05, 4.69) is 20.5 Å². The van der Waals surface area contributed by atoms with E-state index in [1.165, 1.54) is 0 Å². The molecule has 2 aromatic carbocycles. The second kappa shape index (κ2) is 7.32. The van der Waals surface area contributed by atoms with Crippen molar-refractivity contribution in [2.45, 2.75) is 6.54 Å². The molecule has 0 unspecified atom stereocenters. The number of para-hydroxylation sites is 1. The van der Waals surface area contributed by atoms with Gasteiger partial charge in [0.25, 0.3) is 0 Å². The van der Waals surface area contributed by atoms with Gasteiger partial charge in [0, 0.05) is 11.6 Å². The number of benzene rings is 2. The number of methoxy groups -OCH3 is 1. The van der Waals surface area contributed by atoms with Gasteiger partial charge in [-0.2, -0.15) is 5.10 Å². The van der Waals surface area contributed by atoms with Gasteiger partial charge in [-0.15, -0.1) is 0 Å². The number of H-pyrrole nitrogens is 1. The lowest BCUT2D eigenvalue weighted by Gasteiger charge is -2.06. The minimum Gasteiger partial charge on any atom is -0.496 e. The SMILES string of the molecule is COc1ccccc1CN=C(N)Nc1cc(-c2ccccc2)[nH]n1. The van der Waals surface area contributed by atoms with E-state index in [9.17, 15) is 0 Å². The predicted molar refractivity (Wildman–Crippen MR) is 96.0 cm³/mol. The highest BCUT2D eigenvalue weighted by Gasteiger charge is 2.05. The van der Waals surface area contributed by atoms with E-state index < -0.39 is 0 Å². The minimum atomic E-state index is 0.298. The molecule has 0 saturated carbocycles. The quantitative estimate of drug-likeness (QED) is 0.498. The summed E-state index contributed by atoms with van der Waals surface area (Å²) in [6.45, 7) is 0.429. The topological polar surface area (TPSA) is 88.3 Å². The van der Waals surface area contributed by atoms with E-state index in [1.807, 2.05) is 60.7 Å². The van der Waals surface area contributed by atoms with Crippen molar-refractivity contribution >= 4 is 11.8 Å². The maximum atomic E-state index is 5.94. The molecule has 0 atom stereocenters. The van der Waals surface area contributed by atoms with Crippen LogP contribution in [0.1, 0.15) is 5.56 Å². The lowest BCUT2D eigenvalue weighted by Crippen LogP contribution is -2.22. The van der Waals surface area contributed by atoms with Crippen molar-refractivity contribution in [3.8, 4) is 17.0 Å². The lowest BCUT2D eigenvalue weighted by atomic mass is 10.2. The summed E-state index contributed by atoms with van der Waals surface area (Å²) in [4.78, 5) is 4.33. The summed E-state index contributed by atoms with van der Waals surface area (Å²) in [5, 5.41) is 10.2. The van der Waals surface area contributed by atoms with E-state index in [0.717, 1.165) is 22.6 Å². The number of nitrogens with zero attached hydrogens (tertiary/aromatic N) is 2. The van der Waals surface area contributed by atoms with Crippen LogP contribution in [-0.2, 0) is 6.54 Å². The van der Waals surface area contributed by atoms with Crippen LogP contribution in [0.2, 0.25) is 0 Å². The van der Waals surface area contributed by atoms with Crippen LogP contribution in [0.15, 0.2) is 65.7 Å². The van der Waals surface area contributed by atoms with Crippen molar-refractivity contribution < 1.29 is 4.74 Å². The Morgan fingerprint density at radius 3 is 2.71 bits per heavy atom. The molecule has 6 nitrogen and oxygen atoms in total. The van der Waals surface area contributed by atoms with Gasteiger partial charge in [-0.25, -0.2) is 4.99 Å². The first kappa shape index (κ1) is 15.6. The fourth-order valence-electron chi connectivity index (χ4n) is 2.33. The van der Waals surface area contributed by atoms with Gasteiger partial charge in [0.2, 0.25) is 0 Å². The molecule has 0 aliphatic heterocycles. The number of anilines is 1. The molecule has 0 spiro atoms. The first-order valence-electron chi connectivity index (χ1n) is 7.56. The number of nitrogens with two attached hydrogens (primary N) is 1. The second-order valence-corrected chi connectivity index (χ2v) is 5.17. The molecule has 3 aromatic rings. The van der Waals surface area contributed by atoms with Gasteiger partial charge in [0.15, 0.2) is 11.8 Å². The van der Waals surface area contributed by atoms with Crippen LogP contribution in [0.4, 0.5) is 5.82 Å². The Bertz CT molecular complexity index is 826. The molecule has 0 fully saturated rings. The van der Waals surface area contributed by atoms with Gasteiger partial charge >= 0.3 is 0 Å². The highest BCUT2D eigenvalue weighted by Crippen LogP contribution is 2.20. The van der Waals surface area contributed by atoms with Crippen molar-refractivity contribution in [2.24, 2.45) is 10.7 Å². The number of aromatic nitrogens is 2. The Morgan fingerprint density at radius 1 is 1.17 bits per heavy atom. The second-order valence-electron chi connectivity index (χ2n) is 5.17. The van der Waals surface area contributed by atoms with Gasteiger partial charge in [0.1, 0.15) is 5.75 Å². The molecule has 0 radical (unpaired) electrons. The van der Waals surface area contributed by atoms with Crippen LogP contribution in [-0.4, -0.2) is 23.3 Å². The number of hydrogen-bond acceptors (Lipinski definition) is 3. The molecule has 24 heavy (non-hydrogen) atoms. The maximum absolute atomic E-state index is 5.94. The van der Waals surface area contributed by atoms with Crippen LogP contribution in [0.5, 0.6) is 5.75 Å². The monoisotopic (exact) mass is 321 g/mol. The van der Waals surface area contributed by atoms with Gasteiger partial charge in [-0.3, -0.25) is 5.10 Å². The van der Waals surface area contributed by atoms with Crippen LogP contribution in [0.3, 0.4) is 0 Å². The van der Waals surface area contributed by atoms with E-state index in [1.54, 1.807) is 7.11 Å². The van der Waals surface area contributed by atoms with Crippen molar-refractivity contribution in [3.05, 3.63) is 66.2 Å². The van der Waals surface area contributed by atoms with Crippen LogP contribution in [0, 0.1) is 0 Å². The summed E-state index contributed by atoms with van der Waals surface area (Å²) in [7, 11) is 1.64. The molecule has 0 aliphatic rings. The number of aromatic amines is 1. The zero-order valence-electron chi connectivity index (χ0n) is 13.4. The number of rotatable bonds is 5. The Labute approximate surface area is 140 Å². The molecule has 0 amide bonds. The number of nitrogens with one attached hydrogen (secondary N) is 2. The van der Waals surface area contributed by atoms with Gasteiger partial charge < -0.3 is 15.8 Å². The van der Waals surface area contributed by atoms with Crippen LogP contribution in [0.25, 0.3) is 11.3 Å². The van der Waals surface area contributed by atoms with Gasteiger partial charge in [-0.1, -0.05) is 48.5 Å². The molecular weight excluding hydrogens is 302 g/mol. The largest absolute Gasteiger partial charge is 0.496 e. The number of aliphatic imine (C=N–C) groups is 1. The summed E-state index contributed by atoms with van der Waals surface area (Å²) >= 11 is 0. The molecule has 4 N–H and O–H groups in total. The fourth-order valence-corrected chi connectivity index (χ4v) is 2.33. The van der Waals surface area contributed by atoms with E-state index >= 15 is 0 Å². The number of ether oxygens (including phenoxy) is 1. The first-order valence-corrected chi connectivity index (χ1v) is 7.56. The Hall–Kier alpha value is -3.28. The molecule has 0 saturated heterocycles. The van der Waals surface area contributed by atoms with Crippen molar-refractivity contribution in [2.75, 3.05) is 12.4 Å². The Morgan fingerprint density at radius 2 is 1.92 bits per heavy atom. The Balaban J connectivity index is 1.66. The van der Waals surface area contributed by atoms with E-state index in [4.69, 9.17) is 10.5 Å². The zero-order chi connectivity index (χ0) is 16.8. The summed E-state index contributed by atoms with van der Waals surface area (Å²) in [6, 6.07) is 19.6. The average Bonchev–Trinajstić information content (AvgIpc) is 3.09. The summed E-state index contributed by atoms with van der Waals surface area (Å²) in [6.07, 6.45) is 0. The third kappa shape index (κ3) is 3.73. The third-order valence-corrected chi connectivity index (χ3v) is 3.53. The molecule has 1 aromatic heterocycles. The average molecular weight is 321 g/mol. The number of hydrogen-bond donors (Lipinski definition) is 3. The summed E-state index contributed by atoms with van der Waals surface area (Å²) in [5.41, 5.74) is 8.88. The van der Waals surface area contributed by atoms with E-state index in [-0.39, 0.29) is 0 Å². The van der Waals surface area contributed by atoms with Gasteiger partial charge in [0.05, 0.1) is 19.3 Å². The highest BCUT2D eigenvalue weighted by molar-refractivity contribution is 5.91. The molecule has 6 heteroatoms. The normalized spacial score (nSPS) is 11.3. The van der Waals surface area contributed by atoms with E-state index in [0.29, 0.717) is 18.3 Å². The lowest BCUT2D eigenvalue weighted by molar-refractivity contribution is 0.410. The summed E-state index contributed by atoms with van der Waals surface area (Å²) < 4.78 is 5.30. The van der Waals surface area contributed by atoms with Crippen molar-refractivity contribution in [1.82, 2.24) is 10.2 Å². The number of guanidine groups is 1. The third-order valence-electron chi connectivity index (χ3n) is 3.53. The zero-order valence-corrected chi connectivity index (χ0v) is 13.4. The van der Waals surface area contributed by atoms with Crippen LogP contribution >= 0.6 is 0 Å². The standard InChI is InChI=1S/C18H19N5O/c1-24-16-10-6-5-9-14(16)12-20-18(19)21-17-11-15(22-23-17)13-7-3-2-4-8-13/h2-11H,12H2,1H3,(H4,19,20,21,22,23). The highest BCUT2D eigenvalue weighted by atomic mass is 16.5. The molecular formula is C18H19N5O. The predicted octanol–water partition coefficient (Wildman–Crippen LogP) is 3.01. The van der Waals surface area contributed by atoms with Gasteiger partial charge in [-0.05, 0) is 11.6 Å². The Kier molecular flexibility index (Phi) is 4.76. The van der Waals surface area contributed by atoms with Crippen LogP contribution < -0.4 is 15.8 Å². The minimum absolute atomic E-state index is 0.298. The fraction of sp³-hybridized carbons (Fsp3) is 0.111. The maximum Gasteiger partial charge on any atom is 0.194 e. The molecule has 1 heterocycles. The van der Waals surface area contributed by atoms with Crippen molar-refractivity contribution in [3.63, 3.8) is 0 Å². The molecule has 0 bridgehead atoms. The molecule has 3 rings (SSSR count). The molecule has 122 valence electrons. The summed E-state index contributed by atoms with van der Waals surface area (Å²) in [5.74, 6) is 1.71. The van der Waals surface area contributed by atoms with Crippen molar-refractivity contribution in [1.29, 1.82) is 0 Å². The molecule has 0 aliphatic carbocycles. The first-order chi connectivity index (χ1) is 11.8.